The molecule has 158 valence electrons. The van der Waals surface area contributed by atoms with Crippen LogP contribution in [0.4, 0.5) is 0 Å². The number of amides is 1. The summed E-state index contributed by atoms with van der Waals surface area (Å²) in [6.45, 7) is 0.213. The molecular formula is C20H20Cl2N4O4. The van der Waals surface area contributed by atoms with Gasteiger partial charge in [0, 0.05) is 54.9 Å². The van der Waals surface area contributed by atoms with Gasteiger partial charge in [0.05, 0.1) is 22.3 Å². The number of piperidine rings is 1. The van der Waals surface area contributed by atoms with Crippen LogP contribution < -0.4 is 5.32 Å². The molecule has 0 radical (unpaired) electrons. The molecule has 3 heterocycles. The number of benzene rings is 1. The number of nitrogens with one attached hydrogen (secondary N) is 2. The summed E-state index contributed by atoms with van der Waals surface area (Å²) < 4.78 is 5.09. The third-order valence-electron chi connectivity index (χ3n) is 5.39. The molecule has 10 heteroatoms. The Kier molecular flexibility index (Phi) is 5.59. The normalized spacial score (nSPS) is 24.3. The highest BCUT2D eigenvalue weighted by atomic mass is 35.5. The summed E-state index contributed by atoms with van der Waals surface area (Å²) in [5.41, 5.74) is 1.62. The number of nitrogens with zero attached hydrogens (tertiary/aromatic N) is 2. The van der Waals surface area contributed by atoms with Gasteiger partial charge in [-0.2, -0.15) is 0 Å². The molecule has 1 amide bonds. The van der Waals surface area contributed by atoms with Gasteiger partial charge in [-0.1, -0.05) is 28.4 Å². The maximum atomic E-state index is 13.0. The molecule has 0 bridgehead atoms. The Balaban J connectivity index is 1.68. The van der Waals surface area contributed by atoms with Crippen LogP contribution in [0, 0.1) is 5.41 Å². The molecule has 1 aromatic heterocycles. The lowest BCUT2D eigenvalue weighted by Crippen LogP contribution is -2.45. The van der Waals surface area contributed by atoms with E-state index in [4.69, 9.17) is 33.1 Å². The van der Waals surface area contributed by atoms with Gasteiger partial charge in [0.1, 0.15) is 17.6 Å². The lowest BCUT2D eigenvalue weighted by molar-refractivity contribution is -0.00914. The van der Waals surface area contributed by atoms with Crippen molar-refractivity contribution in [2.75, 3.05) is 26.2 Å². The fourth-order valence-corrected chi connectivity index (χ4v) is 3.98. The van der Waals surface area contributed by atoms with E-state index in [0.29, 0.717) is 56.8 Å². The van der Waals surface area contributed by atoms with Gasteiger partial charge < -0.3 is 30.4 Å². The van der Waals surface area contributed by atoms with E-state index in [0.717, 1.165) is 0 Å². The number of rotatable bonds is 2. The number of hydrogen-bond acceptors (Lipinski definition) is 7. The first-order valence-corrected chi connectivity index (χ1v) is 10.1. The average Bonchev–Trinajstić information content (AvgIpc) is 3.13. The van der Waals surface area contributed by atoms with Crippen molar-refractivity contribution in [3.8, 4) is 0 Å². The molecule has 30 heavy (non-hydrogen) atoms. The Morgan fingerprint density at radius 3 is 2.90 bits per heavy atom. The van der Waals surface area contributed by atoms with E-state index in [9.17, 15) is 15.0 Å². The Hall–Kier alpha value is -2.39. The minimum absolute atomic E-state index is 0.0761. The highest BCUT2D eigenvalue weighted by Crippen LogP contribution is 2.30. The topological polar surface area (TPSA) is 123 Å². The van der Waals surface area contributed by atoms with Gasteiger partial charge in [-0.25, -0.2) is 0 Å². The van der Waals surface area contributed by atoms with E-state index in [1.165, 1.54) is 12.3 Å². The summed E-state index contributed by atoms with van der Waals surface area (Å²) in [5.74, 6) is -0.222. The molecular weight excluding hydrogens is 431 g/mol. The molecule has 2 aliphatic heterocycles. The number of carbonyl (C=O) groups excluding carboxylic acids is 1. The van der Waals surface area contributed by atoms with Crippen LogP contribution in [0.1, 0.15) is 28.0 Å². The largest absolute Gasteiger partial charge is 0.393 e. The molecule has 4 N–H and O–H groups in total. The Morgan fingerprint density at radius 1 is 1.37 bits per heavy atom. The van der Waals surface area contributed by atoms with Crippen molar-refractivity contribution >= 4 is 40.5 Å². The van der Waals surface area contributed by atoms with Gasteiger partial charge in [0.2, 0.25) is 0 Å². The first-order valence-electron chi connectivity index (χ1n) is 9.37. The highest BCUT2D eigenvalue weighted by molar-refractivity contribution is 6.42. The van der Waals surface area contributed by atoms with E-state index < -0.39 is 12.2 Å². The summed E-state index contributed by atoms with van der Waals surface area (Å²) >= 11 is 12.0. The van der Waals surface area contributed by atoms with Gasteiger partial charge >= 0.3 is 0 Å². The Bertz CT molecular complexity index is 1050. The van der Waals surface area contributed by atoms with Gasteiger partial charge in [-0.3, -0.25) is 4.79 Å². The van der Waals surface area contributed by atoms with Crippen molar-refractivity contribution in [1.82, 2.24) is 15.4 Å². The van der Waals surface area contributed by atoms with Crippen molar-refractivity contribution in [3.63, 3.8) is 0 Å². The predicted octanol–water partition coefficient (Wildman–Crippen LogP) is 2.13. The number of β-amino-alcohol motifs (C(OH)–C–C–N with tert-alkyl or cyclic N) is 1. The first-order chi connectivity index (χ1) is 14.3. The SMILES string of the molecule is N=C1CCN(C(=O)c2ccc(Cl)c(Cl)c2)C/C1=C1/NCC(O)(CO)Cc2conc21. The second-order valence-corrected chi connectivity index (χ2v) is 8.35. The zero-order chi connectivity index (χ0) is 21.5. The quantitative estimate of drug-likeness (QED) is 0.555. The predicted molar refractivity (Wildman–Crippen MR) is 112 cm³/mol. The molecule has 1 atom stereocenters. The van der Waals surface area contributed by atoms with Crippen LogP contribution >= 0.6 is 23.2 Å². The van der Waals surface area contributed by atoms with Crippen LogP contribution in [0.2, 0.25) is 10.0 Å². The minimum Gasteiger partial charge on any atom is -0.393 e. The molecule has 1 saturated heterocycles. The number of hydrogen-bond donors (Lipinski definition) is 4. The Morgan fingerprint density at radius 2 is 2.17 bits per heavy atom. The van der Waals surface area contributed by atoms with E-state index >= 15 is 0 Å². The van der Waals surface area contributed by atoms with E-state index in [1.54, 1.807) is 17.0 Å². The number of carbonyl (C=O) groups is 1. The van der Waals surface area contributed by atoms with Crippen LogP contribution in [0.5, 0.6) is 0 Å². The van der Waals surface area contributed by atoms with Gasteiger partial charge in [0.15, 0.2) is 0 Å². The van der Waals surface area contributed by atoms with E-state index in [1.807, 2.05) is 0 Å². The van der Waals surface area contributed by atoms with Crippen LogP contribution in [-0.2, 0) is 6.42 Å². The second kappa shape index (κ2) is 8.03. The summed E-state index contributed by atoms with van der Waals surface area (Å²) in [6, 6.07) is 4.72. The Labute approximate surface area is 182 Å². The molecule has 0 saturated carbocycles. The molecule has 1 aromatic carbocycles. The summed E-state index contributed by atoms with van der Waals surface area (Å²) in [5, 5.41) is 36.5. The number of halogens is 2. The molecule has 0 aliphatic carbocycles. The zero-order valence-corrected chi connectivity index (χ0v) is 17.4. The minimum atomic E-state index is -1.38. The van der Waals surface area contributed by atoms with Crippen molar-refractivity contribution in [2.24, 2.45) is 0 Å². The monoisotopic (exact) mass is 450 g/mol. The third kappa shape index (κ3) is 3.83. The van der Waals surface area contributed by atoms with Crippen LogP contribution in [0.25, 0.3) is 5.70 Å². The van der Waals surface area contributed by atoms with Crippen LogP contribution in [0.3, 0.4) is 0 Å². The molecule has 8 nitrogen and oxygen atoms in total. The van der Waals surface area contributed by atoms with Gasteiger partial charge in [0.25, 0.3) is 5.91 Å². The summed E-state index contributed by atoms with van der Waals surface area (Å²) in [4.78, 5) is 14.6. The lowest BCUT2D eigenvalue weighted by Gasteiger charge is -2.31. The molecule has 1 unspecified atom stereocenters. The number of likely N-dealkylation sites (tertiary alicyclic amines) is 1. The molecule has 2 aromatic rings. The van der Waals surface area contributed by atoms with Crippen LogP contribution in [0.15, 0.2) is 34.6 Å². The number of aliphatic hydroxyl groups excluding tert-OH is 1. The summed E-state index contributed by atoms with van der Waals surface area (Å²) in [6.07, 6.45) is 1.95. The molecule has 4 rings (SSSR count). The van der Waals surface area contributed by atoms with Crippen molar-refractivity contribution in [2.45, 2.75) is 18.4 Å². The van der Waals surface area contributed by atoms with E-state index in [2.05, 4.69) is 10.5 Å². The van der Waals surface area contributed by atoms with Crippen molar-refractivity contribution < 1.29 is 19.5 Å². The number of aliphatic hydroxyl groups is 2. The first kappa shape index (κ1) is 20.9. The van der Waals surface area contributed by atoms with Crippen LogP contribution in [-0.4, -0.2) is 63.7 Å². The molecule has 2 aliphatic rings. The fourth-order valence-electron chi connectivity index (χ4n) is 3.68. The fraction of sp³-hybridized carbons (Fsp3) is 0.350. The number of aromatic nitrogens is 1. The van der Waals surface area contributed by atoms with Crippen molar-refractivity contribution in [1.29, 1.82) is 5.41 Å². The smallest absolute Gasteiger partial charge is 0.254 e. The third-order valence-corrected chi connectivity index (χ3v) is 6.13. The second-order valence-electron chi connectivity index (χ2n) is 7.54. The van der Waals surface area contributed by atoms with Crippen molar-refractivity contribution in [3.05, 3.63) is 56.9 Å². The van der Waals surface area contributed by atoms with Gasteiger partial charge in [-0.05, 0) is 18.2 Å². The standard InChI is InChI=1S/C20H20Cl2N4O4/c21-14-2-1-11(5-15(14)22)19(28)26-4-3-16(23)13(7-26)18-17-12(8-30-25-17)6-20(29,10-27)9-24-18/h1-2,5,8,23-24,27,29H,3-4,6-7,9-10H2/b18-13-,23-16?. The summed E-state index contributed by atoms with van der Waals surface area (Å²) in [7, 11) is 0. The molecule has 1 fully saturated rings. The number of fused-ring (bicyclic) bond motifs is 1. The maximum absolute atomic E-state index is 13.0. The van der Waals surface area contributed by atoms with Gasteiger partial charge in [-0.15, -0.1) is 0 Å². The zero-order valence-electron chi connectivity index (χ0n) is 15.9. The van der Waals surface area contributed by atoms with E-state index in [-0.39, 0.29) is 25.4 Å². The average molecular weight is 451 g/mol. The molecule has 0 spiro atoms. The lowest BCUT2D eigenvalue weighted by atomic mass is 9.95. The highest BCUT2D eigenvalue weighted by Gasteiger charge is 2.36. The maximum Gasteiger partial charge on any atom is 0.254 e.